The first-order valence-electron chi connectivity index (χ1n) is 7.74. The molecule has 6 heteroatoms. The fourth-order valence-electron chi connectivity index (χ4n) is 2.84. The van der Waals surface area contributed by atoms with Crippen LogP contribution in [-0.2, 0) is 10.2 Å². The highest BCUT2D eigenvalue weighted by Crippen LogP contribution is 2.49. The molecule has 0 aromatic heterocycles. The van der Waals surface area contributed by atoms with Crippen LogP contribution in [0.1, 0.15) is 36.9 Å². The van der Waals surface area contributed by atoms with Gasteiger partial charge in [-0.05, 0) is 43.0 Å². The number of rotatable bonds is 5. The van der Waals surface area contributed by atoms with Gasteiger partial charge in [-0.15, -0.1) is 0 Å². The molecule has 2 aromatic carbocycles. The summed E-state index contributed by atoms with van der Waals surface area (Å²) in [6, 6.07) is 13.5. The van der Waals surface area contributed by atoms with Gasteiger partial charge >= 0.3 is 0 Å². The molecule has 1 aliphatic carbocycles. The van der Waals surface area contributed by atoms with E-state index in [1.54, 1.807) is 24.3 Å². The maximum Gasteiger partial charge on any atom is 0.269 e. The Bertz CT molecular complexity index is 768. The molecule has 0 bridgehead atoms. The summed E-state index contributed by atoms with van der Waals surface area (Å²) in [5, 5.41) is 14.4. The Morgan fingerprint density at radius 1 is 1.17 bits per heavy atom. The SMILES string of the molecule is C[C@@H](NC(=O)C1(c2ccc([N+](=O)[O-])cc2)CC1)c1ccc(Cl)cc1. The molecular formula is C18H17ClN2O3. The van der Waals surface area contributed by atoms with Crippen molar-refractivity contribution in [2.75, 3.05) is 0 Å². The van der Waals surface area contributed by atoms with E-state index in [2.05, 4.69) is 5.32 Å². The molecule has 0 spiro atoms. The number of nitro groups is 1. The van der Waals surface area contributed by atoms with Gasteiger partial charge in [0.25, 0.3) is 5.69 Å². The molecule has 1 aliphatic rings. The van der Waals surface area contributed by atoms with Crippen LogP contribution in [-0.4, -0.2) is 10.8 Å². The molecule has 1 amide bonds. The Morgan fingerprint density at radius 2 is 1.75 bits per heavy atom. The number of halogens is 1. The maximum absolute atomic E-state index is 12.7. The molecule has 124 valence electrons. The van der Waals surface area contributed by atoms with Crippen LogP contribution in [0, 0.1) is 10.1 Å². The maximum atomic E-state index is 12.7. The van der Waals surface area contributed by atoms with Crippen molar-refractivity contribution in [2.45, 2.75) is 31.2 Å². The molecule has 3 rings (SSSR count). The van der Waals surface area contributed by atoms with Crippen LogP contribution in [0.3, 0.4) is 0 Å². The van der Waals surface area contributed by atoms with E-state index in [4.69, 9.17) is 11.6 Å². The van der Waals surface area contributed by atoms with Crippen molar-refractivity contribution in [3.05, 3.63) is 74.8 Å². The first-order valence-corrected chi connectivity index (χ1v) is 8.11. The number of carbonyl (C=O) groups excluding carboxylic acids is 1. The summed E-state index contributed by atoms with van der Waals surface area (Å²) in [4.78, 5) is 23.0. The van der Waals surface area contributed by atoms with Crippen molar-refractivity contribution in [3.63, 3.8) is 0 Å². The topological polar surface area (TPSA) is 72.2 Å². The zero-order valence-corrected chi connectivity index (χ0v) is 13.9. The van der Waals surface area contributed by atoms with Crippen molar-refractivity contribution in [1.82, 2.24) is 5.32 Å². The van der Waals surface area contributed by atoms with Gasteiger partial charge < -0.3 is 5.32 Å². The second kappa shape index (κ2) is 6.24. The van der Waals surface area contributed by atoms with E-state index in [0.717, 1.165) is 24.0 Å². The lowest BCUT2D eigenvalue weighted by Crippen LogP contribution is -2.36. The summed E-state index contributed by atoms with van der Waals surface area (Å²) in [5.41, 5.74) is 1.28. The van der Waals surface area contributed by atoms with Crippen LogP contribution >= 0.6 is 11.6 Å². The standard InChI is InChI=1S/C18H17ClN2O3/c1-12(13-2-6-15(19)7-3-13)20-17(22)18(10-11-18)14-4-8-16(9-5-14)21(23)24/h2-9,12H,10-11H2,1H3,(H,20,22)/t12-/m1/s1. The molecule has 2 aromatic rings. The number of carbonyl (C=O) groups is 1. The number of nitrogens with one attached hydrogen (secondary N) is 1. The van der Waals surface area contributed by atoms with Gasteiger partial charge in [0.05, 0.1) is 16.4 Å². The summed E-state index contributed by atoms with van der Waals surface area (Å²) in [5.74, 6) is -0.0428. The van der Waals surface area contributed by atoms with E-state index >= 15 is 0 Å². The number of non-ortho nitro benzene ring substituents is 1. The Balaban J connectivity index is 1.74. The molecule has 24 heavy (non-hydrogen) atoms. The summed E-state index contributed by atoms with van der Waals surface area (Å²) in [7, 11) is 0. The Kier molecular flexibility index (Phi) is 4.28. The number of hydrogen-bond acceptors (Lipinski definition) is 3. The Hall–Kier alpha value is -2.40. The molecule has 0 radical (unpaired) electrons. The van der Waals surface area contributed by atoms with Crippen LogP contribution in [0.4, 0.5) is 5.69 Å². The molecule has 1 saturated carbocycles. The largest absolute Gasteiger partial charge is 0.349 e. The van der Waals surface area contributed by atoms with Crippen LogP contribution < -0.4 is 5.32 Å². The van der Waals surface area contributed by atoms with Gasteiger partial charge in [0.15, 0.2) is 0 Å². The summed E-state index contributed by atoms with van der Waals surface area (Å²) in [6.45, 7) is 1.92. The van der Waals surface area contributed by atoms with E-state index in [-0.39, 0.29) is 17.6 Å². The first kappa shape index (κ1) is 16.5. The normalized spacial score (nSPS) is 16.2. The zero-order chi connectivity index (χ0) is 17.3. The molecule has 5 nitrogen and oxygen atoms in total. The minimum Gasteiger partial charge on any atom is -0.349 e. The number of amides is 1. The lowest BCUT2D eigenvalue weighted by Gasteiger charge is -2.20. The third-order valence-electron chi connectivity index (χ3n) is 4.53. The molecule has 0 aliphatic heterocycles. The highest BCUT2D eigenvalue weighted by atomic mass is 35.5. The highest BCUT2D eigenvalue weighted by Gasteiger charge is 2.51. The first-order chi connectivity index (χ1) is 11.4. The van der Waals surface area contributed by atoms with Crippen LogP contribution in [0.5, 0.6) is 0 Å². The highest BCUT2D eigenvalue weighted by molar-refractivity contribution is 6.30. The van der Waals surface area contributed by atoms with E-state index in [1.807, 2.05) is 19.1 Å². The van der Waals surface area contributed by atoms with Crippen molar-refractivity contribution >= 4 is 23.2 Å². The van der Waals surface area contributed by atoms with Crippen molar-refractivity contribution in [3.8, 4) is 0 Å². The van der Waals surface area contributed by atoms with Gasteiger partial charge in [-0.3, -0.25) is 14.9 Å². The number of hydrogen-bond donors (Lipinski definition) is 1. The van der Waals surface area contributed by atoms with E-state index < -0.39 is 10.3 Å². The van der Waals surface area contributed by atoms with Crippen LogP contribution in [0.15, 0.2) is 48.5 Å². The monoisotopic (exact) mass is 344 g/mol. The van der Waals surface area contributed by atoms with E-state index in [1.165, 1.54) is 12.1 Å². The van der Waals surface area contributed by atoms with Gasteiger partial charge in [0.1, 0.15) is 0 Å². The molecule has 0 unspecified atom stereocenters. The second-order valence-corrected chi connectivity index (χ2v) is 6.57. The third-order valence-corrected chi connectivity index (χ3v) is 4.78. The average Bonchev–Trinajstić information content (AvgIpc) is 3.37. The van der Waals surface area contributed by atoms with Gasteiger partial charge in [0.2, 0.25) is 5.91 Å². The number of nitro benzene ring substituents is 1. The fraction of sp³-hybridized carbons (Fsp3) is 0.278. The van der Waals surface area contributed by atoms with Crippen molar-refractivity contribution in [1.29, 1.82) is 0 Å². The second-order valence-electron chi connectivity index (χ2n) is 6.13. The molecular weight excluding hydrogens is 328 g/mol. The van der Waals surface area contributed by atoms with Gasteiger partial charge in [-0.1, -0.05) is 35.9 Å². The van der Waals surface area contributed by atoms with Crippen LogP contribution in [0.2, 0.25) is 5.02 Å². The average molecular weight is 345 g/mol. The van der Waals surface area contributed by atoms with Crippen LogP contribution in [0.25, 0.3) is 0 Å². The number of benzene rings is 2. The lowest BCUT2D eigenvalue weighted by molar-refractivity contribution is -0.384. The summed E-state index contributed by atoms with van der Waals surface area (Å²) in [6.07, 6.45) is 1.51. The minimum atomic E-state index is -0.560. The zero-order valence-electron chi connectivity index (χ0n) is 13.2. The molecule has 0 heterocycles. The summed E-state index contributed by atoms with van der Waals surface area (Å²) >= 11 is 5.88. The molecule has 1 atom stereocenters. The predicted molar refractivity (Wildman–Crippen MR) is 92.0 cm³/mol. The third kappa shape index (κ3) is 3.12. The Morgan fingerprint density at radius 3 is 2.25 bits per heavy atom. The van der Waals surface area contributed by atoms with Crippen molar-refractivity contribution < 1.29 is 9.72 Å². The Labute approximate surface area is 144 Å². The quantitative estimate of drug-likeness (QED) is 0.654. The smallest absolute Gasteiger partial charge is 0.269 e. The molecule has 1 N–H and O–H groups in total. The van der Waals surface area contributed by atoms with E-state index in [0.29, 0.717) is 5.02 Å². The molecule has 1 fully saturated rings. The lowest BCUT2D eigenvalue weighted by atomic mass is 9.94. The van der Waals surface area contributed by atoms with Gasteiger partial charge in [-0.25, -0.2) is 0 Å². The summed E-state index contributed by atoms with van der Waals surface area (Å²) < 4.78 is 0. The van der Waals surface area contributed by atoms with Gasteiger partial charge in [0, 0.05) is 17.2 Å². The van der Waals surface area contributed by atoms with E-state index in [9.17, 15) is 14.9 Å². The minimum absolute atomic E-state index is 0.0319. The van der Waals surface area contributed by atoms with Gasteiger partial charge in [-0.2, -0.15) is 0 Å². The fourth-order valence-corrected chi connectivity index (χ4v) is 2.97. The van der Waals surface area contributed by atoms with Crippen molar-refractivity contribution in [2.24, 2.45) is 0 Å². The number of nitrogens with zero attached hydrogens (tertiary/aromatic N) is 1. The molecule has 0 saturated heterocycles. The predicted octanol–water partition coefficient (Wildman–Crippen LogP) is 4.16.